The topological polar surface area (TPSA) is 48.2 Å². The summed E-state index contributed by atoms with van der Waals surface area (Å²) in [5, 5.41) is 10.7. The predicted octanol–water partition coefficient (Wildman–Crippen LogP) is 2.00. The minimum atomic E-state index is 0.0988. The van der Waals surface area contributed by atoms with Crippen molar-refractivity contribution in [2.24, 2.45) is 4.99 Å². The minimum absolute atomic E-state index is 0.0988. The fraction of sp³-hybridized carbons (Fsp3) is 0.600. The second-order valence-electron chi connectivity index (χ2n) is 3.05. The zero-order valence-corrected chi connectivity index (χ0v) is 8.72. The van der Waals surface area contributed by atoms with Crippen LogP contribution in [0.2, 0.25) is 0 Å². The highest BCUT2D eigenvalue weighted by Gasteiger charge is 2.09. The summed E-state index contributed by atoms with van der Waals surface area (Å²) >= 11 is 0. The van der Waals surface area contributed by atoms with Crippen molar-refractivity contribution in [2.75, 3.05) is 7.05 Å². The summed E-state index contributed by atoms with van der Waals surface area (Å²) in [7, 11) is 1.74. The molecule has 0 aromatic heterocycles. The third-order valence-electron chi connectivity index (χ3n) is 1.90. The molecule has 0 bridgehead atoms. The Morgan fingerprint density at radius 3 is 2.62 bits per heavy atom. The van der Waals surface area contributed by atoms with Gasteiger partial charge in [-0.1, -0.05) is 6.08 Å². The average Bonchev–Trinajstić information content (AvgIpc) is 2.11. The fourth-order valence-electron chi connectivity index (χ4n) is 0.998. The number of rotatable bonds is 5. The van der Waals surface area contributed by atoms with Gasteiger partial charge in [0.1, 0.15) is 0 Å². The van der Waals surface area contributed by atoms with Gasteiger partial charge in [0.05, 0.1) is 11.9 Å². The molecule has 0 spiro atoms. The second-order valence-corrected chi connectivity index (χ2v) is 3.05. The van der Waals surface area contributed by atoms with Gasteiger partial charge in [0, 0.05) is 12.8 Å². The highest BCUT2D eigenvalue weighted by Crippen LogP contribution is 1.99. The van der Waals surface area contributed by atoms with Crippen molar-refractivity contribution in [3.05, 3.63) is 12.7 Å². The molecule has 3 nitrogen and oxygen atoms in total. The number of nitrogens with one attached hydrogen (secondary N) is 2. The molecule has 0 aliphatic carbocycles. The van der Waals surface area contributed by atoms with Crippen LogP contribution >= 0.6 is 0 Å². The van der Waals surface area contributed by atoms with Gasteiger partial charge < -0.3 is 10.7 Å². The molecule has 0 aromatic carbocycles. The van der Waals surface area contributed by atoms with Crippen molar-refractivity contribution in [3.63, 3.8) is 0 Å². The van der Waals surface area contributed by atoms with E-state index in [-0.39, 0.29) is 6.04 Å². The standard InChI is InChI=1S/C10H19N3/c1-5-6-7-10(8(2)11)13-9(3)12-4/h5,10-11H,1,6-7H2,2-4H3,(H,12,13). The first-order valence-corrected chi connectivity index (χ1v) is 4.47. The quantitative estimate of drug-likeness (QED) is 0.380. The summed E-state index contributed by atoms with van der Waals surface area (Å²) in [5.74, 6) is 0.876. The number of hydrogen-bond donors (Lipinski definition) is 2. The smallest absolute Gasteiger partial charge is 0.0933 e. The van der Waals surface area contributed by atoms with Crippen molar-refractivity contribution in [1.82, 2.24) is 5.32 Å². The maximum atomic E-state index is 7.55. The lowest BCUT2D eigenvalue weighted by Gasteiger charge is -2.17. The van der Waals surface area contributed by atoms with Gasteiger partial charge in [-0.15, -0.1) is 6.58 Å². The van der Waals surface area contributed by atoms with Crippen LogP contribution in [0.5, 0.6) is 0 Å². The van der Waals surface area contributed by atoms with Crippen molar-refractivity contribution in [3.8, 4) is 0 Å². The summed E-state index contributed by atoms with van der Waals surface area (Å²) in [4.78, 5) is 4.00. The first-order chi connectivity index (χ1) is 6.11. The van der Waals surface area contributed by atoms with Crippen LogP contribution in [0.15, 0.2) is 17.6 Å². The van der Waals surface area contributed by atoms with E-state index in [2.05, 4.69) is 16.9 Å². The second kappa shape index (κ2) is 6.40. The molecule has 0 radical (unpaired) electrons. The Bertz CT molecular complexity index is 206. The van der Waals surface area contributed by atoms with Gasteiger partial charge in [0.2, 0.25) is 0 Å². The molecule has 0 saturated carbocycles. The molecule has 0 amide bonds. The Labute approximate surface area is 80.5 Å². The van der Waals surface area contributed by atoms with E-state index in [0.717, 1.165) is 18.7 Å². The molecular formula is C10H19N3. The van der Waals surface area contributed by atoms with Crippen LogP contribution in [0.25, 0.3) is 0 Å². The van der Waals surface area contributed by atoms with E-state index >= 15 is 0 Å². The molecule has 0 heterocycles. The molecule has 1 atom stereocenters. The lowest BCUT2D eigenvalue weighted by atomic mass is 10.1. The van der Waals surface area contributed by atoms with Crippen LogP contribution in [0.1, 0.15) is 26.7 Å². The molecule has 1 unspecified atom stereocenters. The SMILES string of the molecule is C=CCCC(NC(C)=NC)C(C)=N. The minimum Gasteiger partial charge on any atom is -0.366 e. The first-order valence-electron chi connectivity index (χ1n) is 4.47. The van der Waals surface area contributed by atoms with E-state index in [1.54, 1.807) is 7.05 Å². The van der Waals surface area contributed by atoms with Crippen molar-refractivity contribution < 1.29 is 0 Å². The van der Waals surface area contributed by atoms with Gasteiger partial charge >= 0.3 is 0 Å². The van der Waals surface area contributed by atoms with Gasteiger partial charge in [-0.25, -0.2) is 0 Å². The molecular weight excluding hydrogens is 162 g/mol. The Morgan fingerprint density at radius 2 is 2.23 bits per heavy atom. The molecule has 0 aliphatic heterocycles. The van der Waals surface area contributed by atoms with Crippen LogP contribution in [0.4, 0.5) is 0 Å². The third kappa shape index (κ3) is 5.17. The number of nitrogens with zero attached hydrogens (tertiary/aromatic N) is 1. The van der Waals surface area contributed by atoms with Gasteiger partial charge in [0.25, 0.3) is 0 Å². The van der Waals surface area contributed by atoms with Crippen molar-refractivity contribution >= 4 is 11.5 Å². The number of amidine groups is 1. The van der Waals surface area contributed by atoms with Crippen LogP contribution in [0, 0.1) is 5.41 Å². The Hall–Kier alpha value is -1.12. The van der Waals surface area contributed by atoms with Gasteiger partial charge in [-0.05, 0) is 26.7 Å². The maximum absolute atomic E-state index is 7.55. The zero-order valence-electron chi connectivity index (χ0n) is 8.72. The predicted molar refractivity (Wildman–Crippen MR) is 58.8 cm³/mol. The van der Waals surface area contributed by atoms with E-state index in [1.807, 2.05) is 19.9 Å². The third-order valence-corrected chi connectivity index (χ3v) is 1.90. The highest BCUT2D eigenvalue weighted by molar-refractivity contribution is 5.90. The lowest BCUT2D eigenvalue weighted by molar-refractivity contribution is 0.691. The summed E-state index contributed by atoms with van der Waals surface area (Å²) in [6.07, 6.45) is 3.70. The van der Waals surface area contributed by atoms with Gasteiger partial charge in [-0.3, -0.25) is 4.99 Å². The summed E-state index contributed by atoms with van der Waals surface area (Å²) < 4.78 is 0. The van der Waals surface area contributed by atoms with Crippen molar-refractivity contribution in [2.45, 2.75) is 32.7 Å². The first kappa shape index (κ1) is 11.9. The van der Waals surface area contributed by atoms with Crippen LogP contribution in [0.3, 0.4) is 0 Å². The molecule has 74 valence electrons. The van der Waals surface area contributed by atoms with Gasteiger partial charge in [-0.2, -0.15) is 0 Å². The molecule has 0 aliphatic rings. The van der Waals surface area contributed by atoms with E-state index in [0.29, 0.717) is 5.71 Å². The van der Waals surface area contributed by atoms with E-state index in [1.165, 1.54) is 0 Å². The number of aliphatic imine (C=N–C) groups is 1. The maximum Gasteiger partial charge on any atom is 0.0933 e. The number of allylic oxidation sites excluding steroid dienone is 1. The van der Waals surface area contributed by atoms with Crippen LogP contribution in [-0.2, 0) is 0 Å². The van der Waals surface area contributed by atoms with E-state index in [9.17, 15) is 0 Å². The highest BCUT2D eigenvalue weighted by atomic mass is 15.0. The Balaban J connectivity index is 4.09. The van der Waals surface area contributed by atoms with Crippen LogP contribution < -0.4 is 5.32 Å². The Morgan fingerprint density at radius 1 is 1.62 bits per heavy atom. The fourth-order valence-corrected chi connectivity index (χ4v) is 0.998. The zero-order chi connectivity index (χ0) is 10.3. The largest absolute Gasteiger partial charge is 0.366 e. The summed E-state index contributed by atoms with van der Waals surface area (Å²) in [6.45, 7) is 7.38. The lowest BCUT2D eigenvalue weighted by Crippen LogP contribution is -2.38. The molecule has 0 fully saturated rings. The molecule has 0 saturated heterocycles. The van der Waals surface area contributed by atoms with E-state index in [4.69, 9.17) is 5.41 Å². The van der Waals surface area contributed by atoms with Crippen LogP contribution in [-0.4, -0.2) is 24.6 Å². The molecule has 3 heteroatoms. The molecule has 2 N–H and O–H groups in total. The van der Waals surface area contributed by atoms with Gasteiger partial charge in [0.15, 0.2) is 0 Å². The monoisotopic (exact) mass is 181 g/mol. The summed E-state index contributed by atoms with van der Waals surface area (Å²) in [6, 6.07) is 0.0988. The van der Waals surface area contributed by atoms with E-state index < -0.39 is 0 Å². The van der Waals surface area contributed by atoms with Crippen molar-refractivity contribution in [1.29, 1.82) is 5.41 Å². The number of hydrogen-bond acceptors (Lipinski definition) is 2. The Kier molecular flexibility index (Phi) is 5.85. The molecule has 13 heavy (non-hydrogen) atoms. The molecule has 0 aromatic rings. The average molecular weight is 181 g/mol. The normalized spacial score (nSPS) is 13.6. The summed E-state index contributed by atoms with van der Waals surface area (Å²) in [5.41, 5.74) is 0.643. The molecule has 0 rings (SSSR count).